The van der Waals surface area contributed by atoms with Gasteiger partial charge in [-0.25, -0.2) is 4.72 Å². The molecule has 1 rings (SSSR count). The first kappa shape index (κ1) is 13.6. The highest BCUT2D eigenvalue weighted by Crippen LogP contribution is 2.12. The van der Waals surface area contributed by atoms with Crippen molar-refractivity contribution in [3.05, 3.63) is 18.0 Å². The molecule has 1 heterocycles. The molecule has 1 aromatic rings. The number of rotatable bonds is 6. The number of aromatic nitrogens is 2. The summed E-state index contributed by atoms with van der Waals surface area (Å²) in [5.41, 5.74) is 0.265. The largest absolute Gasteiger partial charge is 0.480 e. The first-order valence-corrected chi connectivity index (χ1v) is 6.32. The summed E-state index contributed by atoms with van der Waals surface area (Å²) in [7, 11) is -2.22. The standard InChI is InChI=1S/C8H14N4O4S/c1-3-10-17(15,16)11-7(8(13)14)6-4-9-12(2)5-6/h4-5,7,10-11H,3H2,1-2H3,(H,13,14). The Bertz CT molecular complexity index is 495. The van der Waals surface area contributed by atoms with Gasteiger partial charge < -0.3 is 5.11 Å². The van der Waals surface area contributed by atoms with E-state index in [1.54, 1.807) is 14.0 Å². The Labute approximate surface area is 98.8 Å². The molecule has 0 spiro atoms. The molecule has 0 saturated carbocycles. The maximum Gasteiger partial charge on any atom is 0.326 e. The van der Waals surface area contributed by atoms with Crippen LogP contribution < -0.4 is 9.44 Å². The quantitative estimate of drug-likeness (QED) is 0.608. The van der Waals surface area contributed by atoms with Crippen molar-refractivity contribution in [2.45, 2.75) is 13.0 Å². The van der Waals surface area contributed by atoms with E-state index in [2.05, 4.69) is 9.82 Å². The van der Waals surface area contributed by atoms with E-state index in [0.29, 0.717) is 0 Å². The Morgan fingerprint density at radius 2 is 2.29 bits per heavy atom. The second kappa shape index (κ2) is 5.25. The average Bonchev–Trinajstić information content (AvgIpc) is 2.60. The fourth-order valence-corrected chi connectivity index (χ4v) is 2.25. The van der Waals surface area contributed by atoms with Crippen LogP contribution in [0.4, 0.5) is 0 Å². The molecular weight excluding hydrogens is 248 g/mol. The van der Waals surface area contributed by atoms with Crippen molar-refractivity contribution in [3.63, 3.8) is 0 Å². The maximum atomic E-state index is 11.4. The summed E-state index contributed by atoms with van der Waals surface area (Å²) in [6.45, 7) is 1.77. The van der Waals surface area contributed by atoms with Gasteiger partial charge in [-0.05, 0) is 0 Å². The van der Waals surface area contributed by atoms with E-state index in [9.17, 15) is 13.2 Å². The van der Waals surface area contributed by atoms with Crippen LogP contribution >= 0.6 is 0 Å². The fraction of sp³-hybridized carbons (Fsp3) is 0.500. The van der Waals surface area contributed by atoms with E-state index in [1.165, 1.54) is 17.1 Å². The highest BCUT2D eigenvalue weighted by Gasteiger charge is 2.26. The van der Waals surface area contributed by atoms with Crippen LogP contribution in [-0.2, 0) is 22.1 Å². The molecule has 1 unspecified atom stereocenters. The van der Waals surface area contributed by atoms with Gasteiger partial charge in [-0.3, -0.25) is 9.48 Å². The fourth-order valence-electron chi connectivity index (χ4n) is 1.24. The molecule has 96 valence electrons. The van der Waals surface area contributed by atoms with Gasteiger partial charge in [-0.2, -0.15) is 18.2 Å². The number of hydrogen-bond donors (Lipinski definition) is 3. The molecule has 0 fully saturated rings. The van der Waals surface area contributed by atoms with Crippen molar-refractivity contribution in [1.82, 2.24) is 19.2 Å². The summed E-state index contributed by atoms with van der Waals surface area (Å²) in [5.74, 6) is -1.29. The zero-order chi connectivity index (χ0) is 13.1. The topological polar surface area (TPSA) is 113 Å². The van der Waals surface area contributed by atoms with Gasteiger partial charge >= 0.3 is 5.97 Å². The van der Waals surface area contributed by atoms with Crippen LogP contribution in [0.25, 0.3) is 0 Å². The predicted octanol–water partition coefficient (Wildman–Crippen LogP) is -1.01. The van der Waals surface area contributed by atoms with Gasteiger partial charge in [0.05, 0.1) is 6.20 Å². The van der Waals surface area contributed by atoms with Crippen molar-refractivity contribution in [2.75, 3.05) is 6.54 Å². The second-order valence-electron chi connectivity index (χ2n) is 3.34. The summed E-state index contributed by atoms with van der Waals surface area (Å²) in [6.07, 6.45) is 2.74. The highest BCUT2D eigenvalue weighted by molar-refractivity contribution is 7.87. The average molecular weight is 262 g/mol. The van der Waals surface area contributed by atoms with Gasteiger partial charge in [-0.15, -0.1) is 0 Å². The lowest BCUT2D eigenvalue weighted by molar-refractivity contribution is -0.139. The van der Waals surface area contributed by atoms with Gasteiger partial charge in [0.15, 0.2) is 0 Å². The van der Waals surface area contributed by atoms with Gasteiger partial charge in [0.2, 0.25) is 0 Å². The molecule has 9 heteroatoms. The number of aliphatic carboxylic acids is 1. The normalized spacial score (nSPS) is 13.5. The van der Waals surface area contributed by atoms with Gasteiger partial charge in [-0.1, -0.05) is 6.92 Å². The molecule has 1 atom stereocenters. The minimum absolute atomic E-state index is 0.175. The monoisotopic (exact) mass is 262 g/mol. The molecule has 8 nitrogen and oxygen atoms in total. The Kier molecular flexibility index (Phi) is 4.21. The minimum Gasteiger partial charge on any atom is -0.480 e. The molecule has 0 aliphatic heterocycles. The molecule has 0 aliphatic carbocycles. The van der Waals surface area contributed by atoms with E-state index in [-0.39, 0.29) is 12.1 Å². The number of nitrogens with zero attached hydrogens (tertiary/aromatic N) is 2. The van der Waals surface area contributed by atoms with Gasteiger partial charge in [0.1, 0.15) is 6.04 Å². The van der Waals surface area contributed by atoms with Crippen molar-refractivity contribution >= 4 is 16.2 Å². The van der Waals surface area contributed by atoms with Crippen LogP contribution in [0.1, 0.15) is 18.5 Å². The first-order chi connectivity index (χ1) is 7.85. The summed E-state index contributed by atoms with van der Waals surface area (Å²) in [4.78, 5) is 11.0. The van der Waals surface area contributed by atoms with Crippen molar-refractivity contribution in [2.24, 2.45) is 7.05 Å². The van der Waals surface area contributed by atoms with Crippen LogP contribution in [0, 0.1) is 0 Å². The predicted molar refractivity (Wildman–Crippen MR) is 59.3 cm³/mol. The SMILES string of the molecule is CCNS(=O)(=O)NC(C(=O)O)c1cnn(C)c1. The maximum absolute atomic E-state index is 11.4. The van der Waals surface area contributed by atoms with Crippen LogP contribution in [0.2, 0.25) is 0 Å². The number of aryl methyl sites for hydroxylation is 1. The Balaban J connectivity index is 2.92. The lowest BCUT2D eigenvalue weighted by Crippen LogP contribution is -2.41. The summed E-state index contributed by atoms with van der Waals surface area (Å²) < 4.78 is 28.4. The zero-order valence-electron chi connectivity index (χ0n) is 9.41. The lowest BCUT2D eigenvalue weighted by atomic mass is 10.2. The number of nitrogens with one attached hydrogen (secondary N) is 2. The van der Waals surface area contributed by atoms with Crippen molar-refractivity contribution in [1.29, 1.82) is 0 Å². The van der Waals surface area contributed by atoms with Crippen LogP contribution in [0.5, 0.6) is 0 Å². The molecule has 0 radical (unpaired) electrons. The van der Waals surface area contributed by atoms with Gasteiger partial charge in [0, 0.05) is 25.4 Å². The summed E-state index contributed by atoms with van der Waals surface area (Å²) in [5, 5.41) is 12.8. The third kappa shape index (κ3) is 3.80. The second-order valence-corrected chi connectivity index (χ2v) is 4.87. The molecule has 1 aromatic heterocycles. The number of carboxylic acids is 1. The van der Waals surface area contributed by atoms with Crippen LogP contribution in [0.15, 0.2) is 12.4 Å². The van der Waals surface area contributed by atoms with E-state index < -0.39 is 22.2 Å². The summed E-state index contributed by atoms with van der Waals surface area (Å²) >= 11 is 0. The van der Waals surface area contributed by atoms with Crippen LogP contribution in [-0.4, -0.2) is 35.8 Å². The highest BCUT2D eigenvalue weighted by atomic mass is 32.2. The van der Waals surface area contributed by atoms with Gasteiger partial charge in [0.25, 0.3) is 10.2 Å². The third-order valence-corrected chi connectivity index (χ3v) is 3.13. The Morgan fingerprint density at radius 3 is 2.71 bits per heavy atom. The molecule has 0 aliphatic rings. The third-order valence-electron chi connectivity index (χ3n) is 1.91. The first-order valence-electron chi connectivity index (χ1n) is 4.84. The van der Waals surface area contributed by atoms with Crippen LogP contribution in [0.3, 0.4) is 0 Å². The Hall–Kier alpha value is -1.45. The molecule has 0 aromatic carbocycles. The number of carbonyl (C=O) groups is 1. The van der Waals surface area contributed by atoms with E-state index in [1.807, 2.05) is 4.72 Å². The Morgan fingerprint density at radius 1 is 1.65 bits per heavy atom. The zero-order valence-corrected chi connectivity index (χ0v) is 10.2. The molecule has 17 heavy (non-hydrogen) atoms. The van der Waals surface area contributed by atoms with Crippen molar-refractivity contribution < 1.29 is 18.3 Å². The molecule has 3 N–H and O–H groups in total. The smallest absolute Gasteiger partial charge is 0.326 e. The lowest BCUT2D eigenvalue weighted by Gasteiger charge is -2.13. The molecular formula is C8H14N4O4S. The minimum atomic E-state index is -3.83. The van der Waals surface area contributed by atoms with E-state index >= 15 is 0 Å². The molecule has 0 amide bonds. The summed E-state index contributed by atoms with van der Waals surface area (Å²) in [6, 6.07) is -1.35. The number of hydrogen-bond acceptors (Lipinski definition) is 4. The number of carboxylic acid groups (broad SMARTS) is 1. The van der Waals surface area contributed by atoms with Crippen molar-refractivity contribution in [3.8, 4) is 0 Å². The van der Waals surface area contributed by atoms with E-state index in [0.717, 1.165) is 0 Å². The molecule has 0 saturated heterocycles. The van der Waals surface area contributed by atoms with E-state index in [4.69, 9.17) is 5.11 Å². The molecule has 0 bridgehead atoms.